The van der Waals surface area contributed by atoms with Crippen LogP contribution in [0.2, 0.25) is 0 Å². The molecule has 0 aromatic carbocycles. The molecule has 2 rings (SSSR count). The highest BCUT2D eigenvalue weighted by atomic mass is 16.5. The third-order valence-electron chi connectivity index (χ3n) is 2.86. The van der Waals surface area contributed by atoms with Crippen LogP contribution < -0.4 is 4.74 Å². The Labute approximate surface area is 91.1 Å². The standard InChI is InChI=1S/C12H18N2O/c1-15-12-5-6-13-11(9-12)10-14-7-3-2-4-8-14/h5-6,9H,2-4,7-8,10H2,1H3. The minimum atomic E-state index is 0.900. The Morgan fingerprint density at radius 1 is 1.33 bits per heavy atom. The van der Waals surface area contributed by atoms with Gasteiger partial charge in [-0.3, -0.25) is 9.88 Å². The van der Waals surface area contributed by atoms with Crippen molar-refractivity contribution in [1.29, 1.82) is 0 Å². The van der Waals surface area contributed by atoms with E-state index in [0.717, 1.165) is 18.0 Å². The van der Waals surface area contributed by atoms with Gasteiger partial charge in [0.05, 0.1) is 12.8 Å². The lowest BCUT2D eigenvalue weighted by molar-refractivity contribution is 0.218. The second-order valence-corrected chi connectivity index (χ2v) is 4.02. The molecule has 1 aliphatic heterocycles. The first-order chi connectivity index (χ1) is 7.38. The van der Waals surface area contributed by atoms with E-state index in [4.69, 9.17) is 4.74 Å². The van der Waals surface area contributed by atoms with E-state index >= 15 is 0 Å². The van der Waals surface area contributed by atoms with Crippen LogP contribution in [0.15, 0.2) is 18.3 Å². The maximum atomic E-state index is 5.19. The number of ether oxygens (including phenoxy) is 1. The summed E-state index contributed by atoms with van der Waals surface area (Å²) in [5.41, 5.74) is 1.11. The van der Waals surface area contributed by atoms with E-state index in [1.54, 1.807) is 7.11 Å². The first-order valence-corrected chi connectivity index (χ1v) is 5.60. The van der Waals surface area contributed by atoms with Crippen LogP contribution in [-0.4, -0.2) is 30.1 Å². The molecule has 0 N–H and O–H groups in total. The van der Waals surface area contributed by atoms with E-state index in [1.807, 2.05) is 18.3 Å². The first-order valence-electron chi connectivity index (χ1n) is 5.60. The Balaban J connectivity index is 1.96. The number of pyridine rings is 1. The first kappa shape index (κ1) is 10.4. The van der Waals surface area contributed by atoms with Gasteiger partial charge in [-0.25, -0.2) is 0 Å². The van der Waals surface area contributed by atoms with Crippen LogP contribution >= 0.6 is 0 Å². The number of nitrogens with zero attached hydrogens (tertiary/aromatic N) is 2. The lowest BCUT2D eigenvalue weighted by atomic mass is 10.1. The molecule has 3 heteroatoms. The Bertz CT molecular complexity index is 308. The Morgan fingerprint density at radius 3 is 2.87 bits per heavy atom. The largest absolute Gasteiger partial charge is 0.497 e. The van der Waals surface area contributed by atoms with E-state index in [-0.39, 0.29) is 0 Å². The van der Waals surface area contributed by atoms with Gasteiger partial charge in [-0.2, -0.15) is 0 Å². The molecule has 0 saturated carbocycles. The van der Waals surface area contributed by atoms with E-state index in [0.29, 0.717) is 0 Å². The molecule has 0 radical (unpaired) electrons. The molecule has 0 spiro atoms. The third-order valence-corrected chi connectivity index (χ3v) is 2.86. The van der Waals surface area contributed by atoms with Crippen molar-refractivity contribution in [3.8, 4) is 5.75 Å². The molecule has 3 nitrogen and oxygen atoms in total. The maximum Gasteiger partial charge on any atom is 0.122 e. The summed E-state index contributed by atoms with van der Waals surface area (Å²) in [6, 6.07) is 3.91. The van der Waals surface area contributed by atoms with Gasteiger partial charge in [0, 0.05) is 18.8 Å². The molecule has 0 amide bonds. The van der Waals surface area contributed by atoms with Crippen molar-refractivity contribution in [3.63, 3.8) is 0 Å². The van der Waals surface area contributed by atoms with Gasteiger partial charge >= 0.3 is 0 Å². The van der Waals surface area contributed by atoms with Crippen molar-refractivity contribution in [3.05, 3.63) is 24.0 Å². The van der Waals surface area contributed by atoms with Crippen molar-refractivity contribution in [2.24, 2.45) is 0 Å². The minimum absolute atomic E-state index is 0.900. The molecule has 1 aromatic heterocycles. The number of hydrogen-bond acceptors (Lipinski definition) is 3. The number of aromatic nitrogens is 1. The van der Waals surface area contributed by atoms with Crippen LogP contribution in [0.5, 0.6) is 5.75 Å². The maximum absolute atomic E-state index is 5.19. The number of hydrogen-bond donors (Lipinski definition) is 0. The molecule has 1 fully saturated rings. The van der Waals surface area contributed by atoms with Gasteiger partial charge in [-0.15, -0.1) is 0 Å². The van der Waals surface area contributed by atoms with Gasteiger partial charge in [0.15, 0.2) is 0 Å². The fourth-order valence-corrected chi connectivity index (χ4v) is 2.02. The monoisotopic (exact) mass is 206 g/mol. The summed E-state index contributed by atoms with van der Waals surface area (Å²) in [4.78, 5) is 6.82. The Kier molecular flexibility index (Phi) is 3.56. The molecular formula is C12H18N2O. The quantitative estimate of drug-likeness (QED) is 0.757. The van der Waals surface area contributed by atoms with Crippen LogP contribution in [0, 0.1) is 0 Å². The number of methoxy groups -OCH3 is 1. The summed E-state index contributed by atoms with van der Waals surface area (Å²) in [6.45, 7) is 3.37. The summed E-state index contributed by atoms with van der Waals surface area (Å²) in [6.07, 6.45) is 5.84. The molecule has 15 heavy (non-hydrogen) atoms. The topological polar surface area (TPSA) is 25.4 Å². The highest BCUT2D eigenvalue weighted by Gasteiger charge is 2.11. The molecule has 82 valence electrons. The second-order valence-electron chi connectivity index (χ2n) is 4.02. The van der Waals surface area contributed by atoms with Crippen molar-refractivity contribution < 1.29 is 4.74 Å². The van der Waals surface area contributed by atoms with E-state index in [1.165, 1.54) is 32.4 Å². The van der Waals surface area contributed by atoms with Crippen molar-refractivity contribution in [2.75, 3.05) is 20.2 Å². The zero-order valence-electron chi connectivity index (χ0n) is 9.28. The fourth-order valence-electron chi connectivity index (χ4n) is 2.02. The predicted octanol–water partition coefficient (Wildman–Crippen LogP) is 2.08. The smallest absolute Gasteiger partial charge is 0.122 e. The Morgan fingerprint density at radius 2 is 2.13 bits per heavy atom. The van der Waals surface area contributed by atoms with Crippen molar-refractivity contribution in [1.82, 2.24) is 9.88 Å². The average Bonchev–Trinajstić information content (AvgIpc) is 2.31. The zero-order chi connectivity index (χ0) is 10.5. The highest BCUT2D eigenvalue weighted by Crippen LogP contribution is 2.15. The summed E-state index contributed by atoms with van der Waals surface area (Å²) in [5.74, 6) is 0.900. The summed E-state index contributed by atoms with van der Waals surface area (Å²) >= 11 is 0. The summed E-state index contributed by atoms with van der Waals surface area (Å²) in [7, 11) is 1.69. The molecule has 0 bridgehead atoms. The highest BCUT2D eigenvalue weighted by molar-refractivity contribution is 5.22. The molecule has 0 atom stereocenters. The second kappa shape index (κ2) is 5.12. The van der Waals surface area contributed by atoms with E-state index in [2.05, 4.69) is 9.88 Å². The van der Waals surface area contributed by atoms with Crippen LogP contribution in [-0.2, 0) is 6.54 Å². The minimum Gasteiger partial charge on any atom is -0.497 e. The normalized spacial score (nSPS) is 17.7. The van der Waals surface area contributed by atoms with E-state index in [9.17, 15) is 0 Å². The van der Waals surface area contributed by atoms with Crippen LogP contribution in [0.25, 0.3) is 0 Å². The molecule has 1 aliphatic rings. The number of likely N-dealkylation sites (tertiary alicyclic amines) is 1. The van der Waals surface area contributed by atoms with Crippen molar-refractivity contribution >= 4 is 0 Å². The van der Waals surface area contributed by atoms with Crippen molar-refractivity contribution in [2.45, 2.75) is 25.8 Å². The predicted molar refractivity (Wildman–Crippen MR) is 59.9 cm³/mol. The number of piperidine rings is 1. The molecule has 0 unspecified atom stereocenters. The molecule has 1 aromatic rings. The van der Waals surface area contributed by atoms with Crippen LogP contribution in [0.4, 0.5) is 0 Å². The summed E-state index contributed by atoms with van der Waals surface area (Å²) in [5, 5.41) is 0. The fraction of sp³-hybridized carbons (Fsp3) is 0.583. The third kappa shape index (κ3) is 2.93. The van der Waals surface area contributed by atoms with Gasteiger partial charge < -0.3 is 4.74 Å². The van der Waals surface area contributed by atoms with Gasteiger partial charge in [0.1, 0.15) is 5.75 Å². The Hall–Kier alpha value is -1.09. The molecule has 1 saturated heterocycles. The number of rotatable bonds is 3. The van der Waals surface area contributed by atoms with Gasteiger partial charge in [0.2, 0.25) is 0 Å². The molecule has 2 heterocycles. The van der Waals surface area contributed by atoms with Crippen LogP contribution in [0.1, 0.15) is 25.0 Å². The zero-order valence-corrected chi connectivity index (χ0v) is 9.28. The van der Waals surface area contributed by atoms with Gasteiger partial charge in [0.25, 0.3) is 0 Å². The van der Waals surface area contributed by atoms with Gasteiger partial charge in [-0.1, -0.05) is 6.42 Å². The lowest BCUT2D eigenvalue weighted by Crippen LogP contribution is -2.29. The van der Waals surface area contributed by atoms with E-state index < -0.39 is 0 Å². The SMILES string of the molecule is COc1ccnc(CN2CCCCC2)c1. The van der Waals surface area contributed by atoms with Crippen LogP contribution in [0.3, 0.4) is 0 Å². The lowest BCUT2D eigenvalue weighted by Gasteiger charge is -2.25. The van der Waals surface area contributed by atoms with Gasteiger partial charge in [-0.05, 0) is 32.0 Å². The molecular weight excluding hydrogens is 188 g/mol. The summed E-state index contributed by atoms with van der Waals surface area (Å²) < 4.78 is 5.19. The molecule has 0 aliphatic carbocycles. The average molecular weight is 206 g/mol.